The van der Waals surface area contributed by atoms with E-state index in [1.165, 1.54) is 5.56 Å². The Morgan fingerprint density at radius 2 is 1.53 bits per heavy atom. The van der Waals surface area contributed by atoms with Crippen LogP contribution < -0.4 is 5.32 Å². The number of carbonyl (C=O) groups excluding carboxylic acids is 1. The highest BCUT2D eigenvalue weighted by Gasteiger charge is 2.17. The molecule has 0 saturated carbocycles. The molecule has 1 aromatic heterocycles. The lowest BCUT2D eigenvalue weighted by atomic mass is 10.1. The lowest BCUT2D eigenvalue weighted by molar-refractivity contribution is 0.0958. The second-order valence-electron chi connectivity index (χ2n) is 7.55. The lowest BCUT2D eigenvalue weighted by Gasteiger charge is -2.26. The van der Waals surface area contributed by atoms with E-state index in [4.69, 9.17) is 10.8 Å². The molecule has 164 valence electrons. The molecule has 1 heterocycles. The first-order valence-corrected chi connectivity index (χ1v) is 10.8. The molecule has 0 saturated heterocycles. The number of hydrogen-bond donors (Lipinski definition) is 3. The minimum absolute atomic E-state index is 0.0436. The minimum atomic E-state index is -0.264. The Hall–Kier alpha value is -3.80. The smallest absolute Gasteiger partial charge is 0.251 e. The topological polar surface area (TPSA) is 92.9 Å². The van der Waals surface area contributed by atoms with Crippen LogP contribution in [-0.4, -0.2) is 34.0 Å². The van der Waals surface area contributed by atoms with Crippen LogP contribution in [0.3, 0.4) is 0 Å². The Morgan fingerprint density at radius 3 is 2.19 bits per heavy atom. The van der Waals surface area contributed by atoms with Gasteiger partial charge in [-0.1, -0.05) is 61.5 Å². The van der Waals surface area contributed by atoms with Gasteiger partial charge < -0.3 is 10.2 Å². The first-order valence-electron chi connectivity index (χ1n) is 10.8. The third kappa shape index (κ3) is 6.60. The van der Waals surface area contributed by atoms with Gasteiger partial charge in [-0.05, 0) is 41.7 Å². The van der Waals surface area contributed by atoms with Crippen LogP contribution in [0.15, 0.2) is 79.1 Å². The Balaban J connectivity index is 1.68. The number of hydrogen-bond acceptors (Lipinski definition) is 4. The lowest BCUT2D eigenvalue weighted by Crippen LogP contribution is -2.42. The zero-order valence-corrected chi connectivity index (χ0v) is 18.3. The van der Waals surface area contributed by atoms with E-state index in [0.29, 0.717) is 24.4 Å². The van der Waals surface area contributed by atoms with Crippen molar-refractivity contribution in [2.45, 2.75) is 32.7 Å². The van der Waals surface area contributed by atoms with Gasteiger partial charge in [0.1, 0.15) is 11.7 Å². The second-order valence-corrected chi connectivity index (χ2v) is 7.55. The number of aryl methyl sites for hydroxylation is 2. The molecule has 0 spiro atoms. The second kappa shape index (κ2) is 11.6. The summed E-state index contributed by atoms with van der Waals surface area (Å²) in [6.07, 6.45) is 5.32. The van der Waals surface area contributed by atoms with Crippen molar-refractivity contribution in [2.24, 2.45) is 0 Å². The quantitative estimate of drug-likeness (QED) is 0.348. The zero-order valence-electron chi connectivity index (χ0n) is 18.3. The monoisotopic (exact) mass is 427 g/mol. The number of amidine groups is 2. The molecule has 0 bridgehead atoms. The van der Waals surface area contributed by atoms with E-state index < -0.39 is 0 Å². The molecule has 3 aromatic rings. The van der Waals surface area contributed by atoms with Gasteiger partial charge in [-0.15, -0.1) is 0 Å². The van der Waals surface area contributed by atoms with Crippen molar-refractivity contribution in [1.29, 1.82) is 10.8 Å². The predicted molar refractivity (Wildman–Crippen MR) is 128 cm³/mol. The van der Waals surface area contributed by atoms with Crippen LogP contribution in [0.2, 0.25) is 0 Å². The number of carbonyl (C=O) groups is 1. The van der Waals surface area contributed by atoms with Crippen molar-refractivity contribution in [1.82, 2.24) is 15.2 Å². The molecule has 0 aliphatic heterocycles. The van der Waals surface area contributed by atoms with Gasteiger partial charge in [0.2, 0.25) is 0 Å². The number of rotatable bonds is 9. The van der Waals surface area contributed by atoms with Gasteiger partial charge in [-0.2, -0.15) is 0 Å². The number of pyridine rings is 1. The molecule has 0 fully saturated rings. The first kappa shape index (κ1) is 22.9. The summed E-state index contributed by atoms with van der Waals surface area (Å²) in [6, 6.07) is 21.5. The molecule has 3 rings (SSSR count). The Bertz CT molecular complexity index is 1030. The summed E-state index contributed by atoms with van der Waals surface area (Å²) in [7, 11) is 0. The van der Waals surface area contributed by atoms with Crippen molar-refractivity contribution in [2.75, 3.05) is 6.54 Å². The average molecular weight is 428 g/mol. The third-order valence-electron chi connectivity index (χ3n) is 5.28. The number of amides is 1. The average Bonchev–Trinajstić information content (AvgIpc) is 2.85. The largest absolute Gasteiger partial charge is 0.345 e. The van der Waals surface area contributed by atoms with Gasteiger partial charge in [0.05, 0.1) is 13.1 Å². The first-order chi connectivity index (χ1) is 15.6. The van der Waals surface area contributed by atoms with E-state index in [2.05, 4.69) is 29.4 Å². The molecule has 2 aromatic carbocycles. The number of nitrogens with zero attached hydrogens (tertiary/aromatic N) is 2. The van der Waals surface area contributed by atoms with Crippen molar-refractivity contribution < 1.29 is 4.79 Å². The van der Waals surface area contributed by atoms with E-state index in [-0.39, 0.29) is 18.3 Å². The van der Waals surface area contributed by atoms with Gasteiger partial charge in [0.15, 0.2) is 0 Å². The summed E-state index contributed by atoms with van der Waals surface area (Å²) in [4.78, 5) is 18.0. The SMILES string of the molecule is CCc1ccc(CN(C(=N)CCc2ccccc2)C(=N)CNC(=O)c2ccncc2)cc1. The van der Waals surface area contributed by atoms with Crippen molar-refractivity contribution in [3.05, 3.63) is 101 Å². The molecular formula is C26H29N5O. The molecule has 0 aliphatic rings. The maximum atomic E-state index is 12.4. The normalized spacial score (nSPS) is 10.4. The van der Waals surface area contributed by atoms with Crippen molar-refractivity contribution in [3.8, 4) is 0 Å². The number of benzene rings is 2. The summed E-state index contributed by atoms with van der Waals surface area (Å²) in [5.41, 5.74) is 3.92. The van der Waals surface area contributed by atoms with Crippen LogP contribution in [0, 0.1) is 10.8 Å². The summed E-state index contributed by atoms with van der Waals surface area (Å²) < 4.78 is 0. The third-order valence-corrected chi connectivity index (χ3v) is 5.28. The van der Waals surface area contributed by atoms with Crippen LogP contribution in [0.25, 0.3) is 0 Å². The van der Waals surface area contributed by atoms with E-state index >= 15 is 0 Å². The van der Waals surface area contributed by atoms with Crippen LogP contribution >= 0.6 is 0 Å². The fourth-order valence-corrected chi connectivity index (χ4v) is 3.32. The molecule has 32 heavy (non-hydrogen) atoms. The number of aromatic nitrogens is 1. The zero-order chi connectivity index (χ0) is 22.8. The Morgan fingerprint density at radius 1 is 0.875 bits per heavy atom. The maximum Gasteiger partial charge on any atom is 0.251 e. The van der Waals surface area contributed by atoms with Crippen molar-refractivity contribution in [3.63, 3.8) is 0 Å². The fourth-order valence-electron chi connectivity index (χ4n) is 3.32. The van der Waals surface area contributed by atoms with Crippen LogP contribution in [0.1, 0.15) is 40.4 Å². The molecule has 0 radical (unpaired) electrons. The maximum absolute atomic E-state index is 12.4. The van der Waals surface area contributed by atoms with E-state index in [0.717, 1.165) is 24.0 Å². The summed E-state index contributed by atoms with van der Waals surface area (Å²) in [5.74, 6) is 0.279. The van der Waals surface area contributed by atoms with E-state index in [1.54, 1.807) is 29.4 Å². The van der Waals surface area contributed by atoms with Crippen LogP contribution in [0.4, 0.5) is 0 Å². The summed E-state index contributed by atoms with van der Waals surface area (Å²) in [5, 5.41) is 20.1. The molecule has 0 atom stereocenters. The Kier molecular flexibility index (Phi) is 8.26. The van der Waals surface area contributed by atoms with Crippen molar-refractivity contribution >= 4 is 17.6 Å². The molecule has 0 unspecified atom stereocenters. The molecular weight excluding hydrogens is 398 g/mol. The highest BCUT2D eigenvalue weighted by atomic mass is 16.1. The molecule has 6 heteroatoms. The minimum Gasteiger partial charge on any atom is -0.345 e. The Labute approximate surface area is 189 Å². The molecule has 1 amide bonds. The van der Waals surface area contributed by atoms with Gasteiger partial charge in [-0.3, -0.25) is 20.6 Å². The van der Waals surface area contributed by atoms with E-state index in [9.17, 15) is 4.79 Å². The summed E-state index contributed by atoms with van der Waals surface area (Å²) in [6.45, 7) is 2.57. The van der Waals surface area contributed by atoms with E-state index in [1.807, 2.05) is 42.5 Å². The predicted octanol–water partition coefficient (Wildman–Crippen LogP) is 4.46. The highest BCUT2D eigenvalue weighted by molar-refractivity contribution is 6.02. The van der Waals surface area contributed by atoms with Crippen LogP contribution in [0.5, 0.6) is 0 Å². The van der Waals surface area contributed by atoms with Gasteiger partial charge in [0, 0.05) is 24.4 Å². The van der Waals surface area contributed by atoms with Gasteiger partial charge >= 0.3 is 0 Å². The molecule has 3 N–H and O–H groups in total. The highest BCUT2D eigenvalue weighted by Crippen LogP contribution is 2.12. The van der Waals surface area contributed by atoms with Gasteiger partial charge in [-0.25, -0.2) is 0 Å². The molecule has 0 aliphatic carbocycles. The van der Waals surface area contributed by atoms with Crippen LogP contribution in [-0.2, 0) is 19.4 Å². The fraction of sp³-hybridized carbons (Fsp3) is 0.231. The standard InChI is InChI=1S/C26H29N5O/c1-2-20-8-10-22(11-9-20)19-31(24(27)13-12-21-6-4-3-5-7-21)25(28)18-30-26(32)23-14-16-29-17-15-23/h3-11,14-17,27-28H,2,12-13,18-19H2,1H3,(H,30,32). The summed E-state index contributed by atoms with van der Waals surface area (Å²) >= 11 is 0. The molecule has 6 nitrogen and oxygen atoms in total. The van der Waals surface area contributed by atoms with Gasteiger partial charge in [0.25, 0.3) is 5.91 Å². The number of nitrogens with one attached hydrogen (secondary N) is 3.